The van der Waals surface area contributed by atoms with Crippen LogP contribution in [0.15, 0.2) is 0 Å². The molecule has 0 fully saturated rings. The summed E-state index contributed by atoms with van der Waals surface area (Å²) in [6, 6.07) is 0. The minimum atomic E-state index is -7.22. The molecule has 0 radical (unpaired) electrons. The van der Waals surface area contributed by atoms with Crippen LogP contribution in [0.5, 0.6) is 0 Å². The van der Waals surface area contributed by atoms with Crippen LogP contribution in [0.4, 0.5) is 87.8 Å². The first kappa shape index (κ1) is 40.6. The summed E-state index contributed by atoms with van der Waals surface area (Å²) in [5, 5.41) is 0. The van der Waals surface area contributed by atoms with E-state index in [9.17, 15) is 52.7 Å². The van der Waals surface area contributed by atoms with E-state index in [0.717, 1.165) is 0 Å². The van der Waals surface area contributed by atoms with E-state index in [-0.39, 0.29) is 0 Å². The zero-order valence-electron chi connectivity index (χ0n) is 21.8. The van der Waals surface area contributed by atoms with Crippen LogP contribution in [0.1, 0.15) is 0 Å². The van der Waals surface area contributed by atoms with E-state index >= 15 is 35.1 Å². The summed E-state index contributed by atoms with van der Waals surface area (Å²) in [6.45, 7) is 0. The molecule has 264 valence electrons. The Balaban J connectivity index is 0.00000154. The molecule has 0 aromatic heterocycles. The molecule has 0 aliphatic rings. The Hall–Kier alpha value is -2.87. The van der Waals surface area contributed by atoms with Crippen LogP contribution in [-0.2, 0) is 14.7 Å². The summed E-state index contributed by atoms with van der Waals surface area (Å²) in [6.07, 6.45) is -7.22. The van der Waals surface area contributed by atoms with Gasteiger partial charge in [0.15, 0.2) is 69.8 Å². The summed E-state index contributed by atoms with van der Waals surface area (Å²) in [4.78, 5) is 0. The van der Waals surface area contributed by atoms with E-state index in [1.165, 1.54) is 0 Å². The van der Waals surface area contributed by atoms with Crippen LogP contribution in [-0.4, -0.2) is 6.15 Å². The summed E-state index contributed by atoms with van der Waals surface area (Å²) < 4.78 is 294. The third-order valence-electron chi connectivity index (χ3n) is 6.71. The molecule has 0 N–H and O–H groups in total. The molecule has 0 saturated heterocycles. The van der Waals surface area contributed by atoms with Crippen LogP contribution in [0.3, 0.4) is 0 Å². The monoisotopic (exact) mass is 832 g/mol. The number of hydrogen-bond donors (Lipinski definition) is 0. The van der Waals surface area contributed by atoms with Crippen LogP contribution in [0, 0.1) is 116 Å². The Labute approximate surface area is 274 Å². The van der Waals surface area contributed by atoms with Gasteiger partial charge < -0.3 is 0 Å². The third-order valence-corrected chi connectivity index (χ3v) is 6.71. The summed E-state index contributed by atoms with van der Waals surface area (Å²) in [7, 11) is 14.9. The quantitative estimate of drug-likeness (QED) is 0.0850. The van der Waals surface area contributed by atoms with Gasteiger partial charge in [-0.15, -0.1) is 21.9 Å². The van der Waals surface area contributed by atoms with E-state index in [0.29, 0.717) is 0 Å². The number of hydrogen-bond acceptors (Lipinski definition) is 0. The van der Waals surface area contributed by atoms with Gasteiger partial charge in [0, 0.05) is 0 Å². The molecular weight excluding hydrogens is 833 g/mol. The predicted molar refractivity (Wildman–Crippen MR) is 127 cm³/mol. The average Bonchev–Trinajstić information content (AvgIpc) is 3.04. The normalized spacial score (nSPS) is 11.6. The summed E-state index contributed by atoms with van der Waals surface area (Å²) in [5.74, 6) is -71.4. The van der Waals surface area contributed by atoms with Crippen molar-refractivity contribution in [1.29, 1.82) is 0 Å². The summed E-state index contributed by atoms with van der Waals surface area (Å²) >= 11 is -1.92. The van der Waals surface area contributed by atoms with E-state index in [1.54, 1.807) is 0 Å². The van der Waals surface area contributed by atoms with E-state index in [4.69, 9.17) is 27.9 Å². The second-order valence-electron chi connectivity index (χ2n) is 9.01. The van der Waals surface area contributed by atoms with Crippen molar-refractivity contribution in [2.75, 3.05) is 0 Å². The second kappa shape index (κ2) is 14.4. The van der Waals surface area contributed by atoms with Crippen molar-refractivity contribution in [3.8, 4) is 0 Å². The zero-order chi connectivity index (χ0) is 37.9. The van der Waals surface area contributed by atoms with Crippen molar-refractivity contribution in [3.05, 3.63) is 116 Å². The fraction of sp³-hybridized carbons (Fsp3) is 0. The van der Waals surface area contributed by atoms with Crippen LogP contribution in [0.25, 0.3) is 0 Å². The van der Waals surface area contributed by atoms with Gasteiger partial charge >= 0.3 is 42.6 Å². The first-order valence-corrected chi connectivity index (χ1v) is 17.9. The van der Waals surface area contributed by atoms with E-state index in [2.05, 4.69) is 0 Å². The minimum absolute atomic E-state index is 1.92. The molecule has 0 atom stereocenters. The van der Waals surface area contributed by atoms with Gasteiger partial charge in [0.05, 0.1) is 0 Å². The molecule has 0 saturated carbocycles. The first-order valence-electron chi connectivity index (χ1n) is 11.5. The molecule has 0 unspecified atom stereocenters. The van der Waals surface area contributed by atoms with Crippen molar-refractivity contribution in [2.45, 2.75) is 0 Å². The van der Waals surface area contributed by atoms with Crippen LogP contribution >= 0.6 is 27.9 Å². The van der Waals surface area contributed by atoms with E-state index in [1.807, 2.05) is 0 Å². The molecule has 0 amide bonds. The molecular formula is C24BCl3F20Ti. The standard InChI is InChI=1S/C24BF20.3ClH.Ti/c26-5-1(6(27)14(35)21(42)13(5)34)25(2-7(28)15(36)22(43)16(37)8(2)29,3-9(30)17(38)23(44)18(39)10(3)31)4-11(32)19(40)24(45)20(41)12(4)33;;;;/h;3*1H;/q-1;;;;+4/p-3. The molecule has 0 aliphatic heterocycles. The molecule has 49 heavy (non-hydrogen) atoms. The fourth-order valence-corrected chi connectivity index (χ4v) is 4.87. The van der Waals surface area contributed by atoms with Crippen molar-refractivity contribution in [2.24, 2.45) is 0 Å². The molecule has 0 heterocycles. The first-order chi connectivity index (χ1) is 22.4. The Morgan fingerprint density at radius 1 is 0.224 bits per heavy atom. The van der Waals surface area contributed by atoms with Gasteiger partial charge in [0.1, 0.15) is 52.7 Å². The van der Waals surface area contributed by atoms with Gasteiger partial charge in [-0.05, 0) is 0 Å². The maximum absolute atomic E-state index is 15.4. The Kier molecular flexibility index (Phi) is 11.9. The molecule has 0 spiro atoms. The second-order valence-corrected chi connectivity index (χ2v) is 16.8. The number of benzene rings is 4. The van der Waals surface area contributed by atoms with Crippen molar-refractivity contribution in [3.63, 3.8) is 0 Å². The fourth-order valence-electron chi connectivity index (χ4n) is 4.87. The predicted octanol–water partition coefficient (Wildman–Crippen LogP) is 7.91. The zero-order valence-corrected chi connectivity index (χ0v) is 25.6. The maximum atomic E-state index is 15.4. The van der Waals surface area contributed by atoms with Gasteiger partial charge in [0.25, 0.3) is 0 Å². The van der Waals surface area contributed by atoms with Gasteiger partial charge in [-0.3, -0.25) is 0 Å². The molecule has 4 rings (SSSR count). The Morgan fingerprint density at radius 2 is 0.306 bits per heavy atom. The molecule has 4 aromatic rings. The summed E-state index contributed by atoms with van der Waals surface area (Å²) in [5.41, 5.74) is -14.3. The van der Waals surface area contributed by atoms with Gasteiger partial charge in [-0.1, -0.05) is 0 Å². The molecule has 0 aliphatic carbocycles. The van der Waals surface area contributed by atoms with E-state index < -0.39 is 159 Å². The van der Waals surface area contributed by atoms with Gasteiger partial charge in [-0.25, -0.2) is 87.8 Å². The van der Waals surface area contributed by atoms with Crippen molar-refractivity contribution < 1.29 is 102 Å². The van der Waals surface area contributed by atoms with Crippen LogP contribution in [0.2, 0.25) is 0 Å². The third kappa shape index (κ3) is 6.12. The van der Waals surface area contributed by atoms with Gasteiger partial charge in [-0.2, -0.15) is 0 Å². The topological polar surface area (TPSA) is 0 Å². The molecule has 0 nitrogen and oxygen atoms in total. The average molecular weight is 833 g/mol. The van der Waals surface area contributed by atoms with Gasteiger partial charge in [0.2, 0.25) is 0 Å². The molecule has 4 aromatic carbocycles. The number of rotatable bonds is 4. The SMILES string of the molecule is Fc1c(F)c(F)c([B-](c2c(F)c(F)c(F)c(F)c2F)(c2c(F)c(F)c(F)c(F)c2F)c2c(F)c(F)c(F)c(F)c2F)c(F)c1F.[Cl][Ti+]([Cl])[Cl]. The molecule has 25 heteroatoms. The van der Waals surface area contributed by atoms with Crippen LogP contribution < -0.4 is 21.9 Å². The Bertz CT molecular complexity index is 1640. The Morgan fingerprint density at radius 3 is 0.408 bits per heavy atom. The van der Waals surface area contributed by atoms with Crippen molar-refractivity contribution in [1.82, 2.24) is 0 Å². The number of halogens is 23. The van der Waals surface area contributed by atoms with Crippen molar-refractivity contribution >= 4 is 55.9 Å². The molecule has 0 bridgehead atoms.